The maximum atomic E-state index is 12.4. The Bertz CT molecular complexity index is 735. The van der Waals surface area contributed by atoms with Crippen LogP contribution in [0, 0.1) is 0 Å². The lowest BCUT2D eigenvalue weighted by molar-refractivity contribution is -0.154. The van der Waals surface area contributed by atoms with Gasteiger partial charge in [-0.05, 0) is 5.56 Å². The molecule has 10 heteroatoms. The highest BCUT2D eigenvalue weighted by Crippen LogP contribution is 2.20. The lowest BCUT2D eigenvalue weighted by atomic mass is 10.2. The number of anilines is 2. The SMILES string of the molecule is CNc1nc(OCC(F)(F)F)nc(N2CCN(Cc3ccccc3)CC2)n1. The van der Waals surface area contributed by atoms with E-state index in [0.717, 1.165) is 19.6 Å². The van der Waals surface area contributed by atoms with E-state index in [1.807, 2.05) is 23.1 Å². The fourth-order valence-corrected chi connectivity index (χ4v) is 2.76. The van der Waals surface area contributed by atoms with E-state index in [1.54, 1.807) is 7.05 Å². The third kappa shape index (κ3) is 5.68. The monoisotopic (exact) mass is 382 g/mol. The van der Waals surface area contributed by atoms with Crippen molar-refractivity contribution < 1.29 is 17.9 Å². The molecule has 0 spiro atoms. The van der Waals surface area contributed by atoms with Crippen molar-refractivity contribution in [3.63, 3.8) is 0 Å². The molecule has 3 rings (SSSR count). The molecule has 0 saturated carbocycles. The number of hydrogen-bond donors (Lipinski definition) is 1. The third-order valence-corrected chi connectivity index (χ3v) is 4.10. The standard InChI is InChI=1S/C17H21F3N6O/c1-21-14-22-15(24-16(23-14)27-12-17(18,19)20)26-9-7-25(8-10-26)11-13-5-3-2-4-6-13/h2-6H,7-12H2,1H3,(H,21,22,23,24). The van der Waals surface area contributed by atoms with E-state index in [-0.39, 0.29) is 12.0 Å². The summed E-state index contributed by atoms with van der Waals surface area (Å²) in [6.07, 6.45) is -4.45. The van der Waals surface area contributed by atoms with Crippen LogP contribution in [0.2, 0.25) is 0 Å². The van der Waals surface area contributed by atoms with Crippen molar-refractivity contribution in [2.45, 2.75) is 12.7 Å². The van der Waals surface area contributed by atoms with Gasteiger partial charge in [-0.1, -0.05) is 30.3 Å². The number of alkyl halides is 3. The van der Waals surface area contributed by atoms with Crippen LogP contribution in [-0.4, -0.2) is 65.9 Å². The Hall–Kier alpha value is -2.62. The van der Waals surface area contributed by atoms with Gasteiger partial charge < -0.3 is 15.0 Å². The molecule has 7 nitrogen and oxygen atoms in total. The van der Waals surface area contributed by atoms with E-state index in [4.69, 9.17) is 0 Å². The quantitative estimate of drug-likeness (QED) is 0.821. The smallest absolute Gasteiger partial charge is 0.422 e. The predicted octanol–water partition coefficient (Wildman–Crippen LogP) is 2.18. The molecular formula is C17H21F3N6O. The molecule has 1 aromatic carbocycles. The zero-order valence-electron chi connectivity index (χ0n) is 14.9. The first-order chi connectivity index (χ1) is 12.9. The minimum Gasteiger partial charge on any atom is -0.454 e. The van der Waals surface area contributed by atoms with Gasteiger partial charge in [0.05, 0.1) is 0 Å². The van der Waals surface area contributed by atoms with E-state index in [1.165, 1.54) is 5.56 Å². The van der Waals surface area contributed by atoms with Crippen LogP contribution in [0.1, 0.15) is 5.56 Å². The van der Waals surface area contributed by atoms with Crippen molar-refractivity contribution in [1.29, 1.82) is 0 Å². The number of halogens is 3. The second kappa shape index (κ2) is 8.38. The highest BCUT2D eigenvalue weighted by molar-refractivity contribution is 5.38. The van der Waals surface area contributed by atoms with E-state index >= 15 is 0 Å². The first kappa shape index (κ1) is 19.2. The van der Waals surface area contributed by atoms with Gasteiger partial charge in [0.25, 0.3) is 0 Å². The molecule has 2 heterocycles. The average molecular weight is 382 g/mol. The summed E-state index contributed by atoms with van der Waals surface area (Å²) in [5, 5.41) is 2.72. The fraction of sp³-hybridized carbons (Fsp3) is 0.471. The highest BCUT2D eigenvalue weighted by Gasteiger charge is 2.29. The minimum absolute atomic E-state index is 0.170. The number of piperazine rings is 1. The van der Waals surface area contributed by atoms with Gasteiger partial charge in [0.15, 0.2) is 6.61 Å². The Morgan fingerprint density at radius 2 is 1.74 bits per heavy atom. The highest BCUT2D eigenvalue weighted by atomic mass is 19.4. The van der Waals surface area contributed by atoms with Gasteiger partial charge in [-0.3, -0.25) is 4.90 Å². The Kier molecular flexibility index (Phi) is 5.94. The van der Waals surface area contributed by atoms with Crippen molar-refractivity contribution in [3.8, 4) is 6.01 Å². The van der Waals surface area contributed by atoms with Crippen LogP contribution in [-0.2, 0) is 6.54 Å². The van der Waals surface area contributed by atoms with Gasteiger partial charge in [0.1, 0.15) is 0 Å². The molecule has 1 aromatic heterocycles. The summed E-state index contributed by atoms with van der Waals surface area (Å²) in [6, 6.07) is 9.84. The zero-order valence-corrected chi connectivity index (χ0v) is 14.9. The average Bonchev–Trinajstić information content (AvgIpc) is 2.67. The molecule has 2 aromatic rings. The molecule has 0 unspecified atom stereocenters. The molecule has 1 aliphatic heterocycles. The van der Waals surface area contributed by atoms with Gasteiger partial charge in [-0.2, -0.15) is 28.1 Å². The van der Waals surface area contributed by atoms with Crippen molar-refractivity contribution >= 4 is 11.9 Å². The molecule has 1 N–H and O–H groups in total. The molecule has 27 heavy (non-hydrogen) atoms. The maximum absolute atomic E-state index is 12.4. The van der Waals surface area contributed by atoms with Crippen LogP contribution >= 0.6 is 0 Å². The Balaban J connectivity index is 1.62. The second-order valence-corrected chi connectivity index (χ2v) is 6.14. The summed E-state index contributed by atoms with van der Waals surface area (Å²) in [6.45, 7) is 2.35. The third-order valence-electron chi connectivity index (χ3n) is 4.10. The van der Waals surface area contributed by atoms with Gasteiger partial charge in [0, 0.05) is 39.8 Å². The van der Waals surface area contributed by atoms with Crippen molar-refractivity contribution in [1.82, 2.24) is 19.9 Å². The number of hydrogen-bond acceptors (Lipinski definition) is 7. The van der Waals surface area contributed by atoms with Crippen LogP contribution in [0.15, 0.2) is 30.3 Å². The molecular weight excluding hydrogens is 361 g/mol. The molecule has 1 fully saturated rings. The normalized spacial score (nSPS) is 15.6. The van der Waals surface area contributed by atoms with Crippen LogP contribution in [0.25, 0.3) is 0 Å². The van der Waals surface area contributed by atoms with E-state index in [0.29, 0.717) is 19.0 Å². The van der Waals surface area contributed by atoms with Crippen LogP contribution in [0.5, 0.6) is 6.01 Å². The van der Waals surface area contributed by atoms with Crippen molar-refractivity contribution in [2.24, 2.45) is 0 Å². The minimum atomic E-state index is -4.45. The summed E-state index contributed by atoms with van der Waals surface area (Å²) < 4.78 is 41.8. The van der Waals surface area contributed by atoms with E-state index in [9.17, 15) is 13.2 Å². The molecule has 0 aliphatic carbocycles. The number of aromatic nitrogens is 3. The Morgan fingerprint density at radius 1 is 1.04 bits per heavy atom. The zero-order chi connectivity index (χ0) is 19.3. The second-order valence-electron chi connectivity index (χ2n) is 6.14. The first-order valence-corrected chi connectivity index (χ1v) is 8.57. The fourth-order valence-electron chi connectivity index (χ4n) is 2.76. The first-order valence-electron chi connectivity index (χ1n) is 8.57. The van der Waals surface area contributed by atoms with Crippen LogP contribution < -0.4 is 15.0 Å². The van der Waals surface area contributed by atoms with Crippen LogP contribution in [0.4, 0.5) is 25.1 Å². The summed E-state index contributed by atoms with van der Waals surface area (Å²) in [5.41, 5.74) is 1.24. The number of ether oxygens (including phenoxy) is 1. The molecule has 1 aliphatic rings. The van der Waals surface area contributed by atoms with Crippen molar-refractivity contribution in [2.75, 3.05) is 50.1 Å². The van der Waals surface area contributed by atoms with Crippen LogP contribution in [0.3, 0.4) is 0 Å². The number of nitrogens with one attached hydrogen (secondary N) is 1. The molecule has 0 amide bonds. The maximum Gasteiger partial charge on any atom is 0.422 e. The Morgan fingerprint density at radius 3 is 2.37 bits per heavy atom. The van der Waals surface area contributed by atoms with Crippen molar-refractivity contribution in [3.05, 3.63) is 35.9 Å². The molecule has 1 saturated heterocycles. The lowest BCUT2D eigenvalue weighted by Gasteiger charge is -2.34. The Labute approximate surface area is 155 Å². The molecule has 0 bridgehead atoms. The largest absolute Gasteiger partial charge is 0.454 e. The summed E-state index contributed by atoms with van der Waals surface area (Å²) in [4.78, 5) is 16.3. The topological polar surface area (TPSA) is 66.4 Å². The van der Waals surface area contributed by atoms with E-state index in [2.05, 4.69) is 42.0 Å². The summed E-state index contributed by atoms with van der Waals surface area (Å²) >= 11 is 0. The number of benzene rings is 1. The van der Waals surface area contributed by atoms with E-state index < -0.39 is 12.8 Å². The summed E-state index contributed by atoms with van der Waals surface area (Å²) in [7, 11) is 1.59. The van der Waals surface area contributed by atoms with Gasteiger partial charge in [-0.25, -0.2) is 0 Å². The van der Waals surface area contributed by atoms with Gasteiger partial charge in [0.2, 0.25) is 11.9 Å². The van der Waals surface area contributed by atoms with Gasteiger partial charge >= 0.3 is 12.2 Å². The number of nitrogens with zero attached hydrogens (tertiary/aromatic N) is 5. The molecule has 146 valence electrons. The predicted molar refractivity (Wildman–Crippen MR) is 94.9 cm³/mol. The molecule has 0 radical (unpaired) electrons. The molecule has 0 atom stereocenters. The summed E-state index contributed by atoms with van der Waals surface area (Å²) in [5.74, 6) is 0.481. The lowest BCUT2D eigenvalue weighted by Crippen LogP contribution is -2.46. The van der Waals surface area contributed by atoms with Gasteiger partial charge in [-0.15, -0.1) is 0 Å². The number of rotatable bonds is 6.